The zero-order valence-electron chi connectivity index (χ0n) is 11.9. The predicted molar refractivity (Wildman–Crippen MR) is 70.7 cm³/mol. The lowest BCUT2D eigenvalue weighted by molar-refractivity contribution is -0.169. The molecule has 0 spiro atoms. The van der Waals surface area contributed by atoms with E-state index in [0.29, 0.717) is 19.3 Å². The number of rotatable bonds is 2. The highest BCUT2D eigenvalue weighted by Gasteiger charge is 2.50. The highest BCUT2D eigenvalue weighted by atomic mass is 16.5. The topological polar surface area (TPSA) is 69.7 Å². The quantitative estimate of drug-likeness (QED) is 0.568. The molecule has 0 N–H and O–H groups in total. The van der Waals surface area contributed by atoms with Crippen molar-refractivity contribution in [1.29, 1.82) is 0 Å². The fourth-order valence-electron chi connectivity index (χ4n) is 3.09. The zero-order valence-corrected chi connectivity index (χ0v) is 11.9. The average molecular weight is 278 g/mol. The van der Waals surface area contributed by atoms with Gasteiger partial charge >= 0.3 is 11.9 Å². The molecule has 2 rings (SSSR count). The molecule has 0 amide bonds. The van der Waals surface area contributed by atoms with Crippen LogP contribution in [0, 0.1) is 5.41 Å². The first-order chi connectivity index (χ1) is 9.44. The second-order valence-electron chi connectivity index (χ2n) is 5.31. The molecule has 0 aromatic heterocycles. The van der Waals surface area contributed by atoms with E-state index in [2.05, 4.69) is 0 Å². The van der Waals surface area contributed by atoms with Crippen LogP contribution in [-0.4, -0.2) is 31.9 Å². The number of fused-ring (bicyclic) bond motifs is 1. The molecule has 108 valence electrons. The number of hydrogen-bond acceptors (Lipinski definition) is 5. The fourth-order valence-corrected chi connectivity index (χ4v) is 3.09. The maximum atomic E-state index is 12.1. The van der Waals surface area contributed by atoms with Crippen LogP contribution < -0.4 is 0 Å². The van der Waals surface area contributed by atoms with Gasteiger partial charge in [-0.05, 0) is 43.4 Å². The third-order valence-electron chi connectivity index (χ3n) is 4.13. The number of carbonyl (C=O) groups is 3. The maximum absolute atomic E-state index is 12.1. The third-order valence-corrected chi connectivity index (χ3v) is 4.13. The van der Waals surface area contributed by atoms with Crippen LogP contribution in [0.5, 0.6) is 0 Å². The van der Waals surface area contributed by atoms with Gasteiger partial charge in [0.05, 0.1) is 14.2 Å². The molecule has 2 aliphatic carbocycles. The predicted octanol–water partition coefficient (Wildman–Crippen LogP) is 1.72. The molecule has 0 aromatic carbocycles. The van der Waals surface area contributed by atoms with E-state index in [1.807, 2.05) is 6.92 Å². The van der Waals surface area contributed by atoms with Gasteiger partial charge in [-0.25, -0.2) is 0 Å². The van der Waals surface area contributed by atoms with Crippen molar-refractivity contribution in [3.8, 4) is 0 Å². The van der Waals surface area contributed by atoms with Gasteiger partial charge in [0.1, 0.15) is 0 Å². The molecule has 2 aliphatic rings. The number of ketones is 1. The Balaban J connectivity index is 2.44. The Hall–Kier alpha value is -1.91. The number of hydrogen-bond donors (Lipinski definition) is 0. The molecule has 5 nitrogen and oxygen atoms in total. The summed E-state index contributed by atoms with van der Waals surface area (Å²) in [5, 5.41) is 0. The van der Waals surface area contributed by atoms with Crippen molar-refractivity contribution >= 4 is 17.7 Å². The van der Waals surface area contributed by atoms with Gasteiger partial charge in [-0.3, -0.25) is 14.4 Å². The molecule has 20 heavy (non-hydrogen) atoms. The third kappa shape index (κ3) is 2.17. The van der Waals surface area contributed by atoms with E-state index >= 15 is 0 Å². The summed E-state index contributed by atoms with van der Waals surface area (Å²) in [6, 6.07) is 0. The first-order valence-electron chi connectivity index (χ1n) is 6.54. The monoisotopic (exact) mass is 278 g/mol. The first kappa shape index (κ1) is 14.5. The van der Waals surface area contributed by atoms with Gasteiger partial charge < -0.3 is 9.47 Å². The summed E-state index contributed by atoms with van der Waals surface area (Å²) >= 11 is 0. The molecular weight excluding hydrogens is 260 g/mol. The number of allylic oxidation sites excluding steroid dienone is 4. The van der Waals surface area contributed by atoms with Gasteiger partial charge in [0.2, 0.25) is 0 Å². The van der Waals surface area contributed by atoms with E-state index in [1.165, 1.54) is 14.2 Å². The number of ether oxygens (including phenoxy) is 2. The molecule has 5 heteroatoms. The molecule has 0 atom stereocenters. The molecule has 0 unspecified atom stereocenters. The molecule has 0 heterocycles. The Morgan fingerprint density at radius 3 is 2.35 bits per heavy atom. The van der Waals surface area contributed by atoms with Gasteiger partial charge in [-0.2, -0.15) is 0 Å². The second kappa shape index (κ2) is 5.23. The summed E-state index contributed by atoms with van der Waals surface area (Å²) in [5.74, 6) is -1.06. The number of methoxy groups -OCH3 is 2. The zero-order chi connectivity index (χ0) is 14.9. The van der Waals surface area contributed by atoms with E-state index < -0.39 is 17.4 Å². The van der Waals surface area contributed by atoms with Crippen LogP contribution >= 0.6 is 0 Å². The highest BCUT2D eigenvalue weighted by molar-refractivity contribution is 6.01. The van der Waals surface area contributed by atoms with Crippen molar-refractivity contribution < 1.29 is 23.9 Å². The Kier molecular flexibility index (Phi) is 3.79. The first-order valence-corrected chi connectivity index (χ1v) is 6.54. The van der Waals surface area contributed by atoms with E-state index in [0.717, 1.165) is 16.7 Å². The van der Waals surface area contributed by atoms with Crippen molar-refractivity contribution in [2.75, 3.05) is 14.2 Å². The lowest BCUT2D eigenvalue weighted by Gasteiger charge is -2.27. The lowest BCUT2D eigenvalue weighted by atomic mass is 9.78. The van der Waals surface area contributed by atoms with Gasteiger partial charge in [-0.15, -0.1) is 0 Å². The van der Waals surface area contributed by atoms with Crippen LogP contribution in [0.4, 0.5) is 0 Å². The normalized spacial score (nSPS) is 20.9. The van der Waals surface area contributed by atoms with Crippen molar-refractivity contribution in [2.24, 2.45) is 5.41 Å². The molecule has 0 saturated carbocycles. The van der Waals surface area contributed by atoms with Crippen LogP contribution in [-0.2, 0) is 23.9 Å². The summed E-state index contributed by atoms with van der Waals surface area (Å²) < 4.78 is 9.63. The Bertz CT molecular complexity index is 522. The molecule has 0 aromatic rings. The van der Waals surface area contributed by atoms with Crippen molar-refractivity contribution in [2.45, 2.75) is 32.6 Å². The summed E-state index contributed by atoms with van der Waals surface area (Å²) in [7, 11) is 2.54. The largest absolute Gasteiger partial charge is 0.468 e. The maximum Gasteiger partial charge on any atom is 0.323 e. The molecule has 0 radical (unpaired) electrons. The summed E-state index contributed by atoms with van der Waals surface area (Å²) in [6.07, 6.45) is 3.02. The lowest BCUT2D eigenvalue weighted by Crippen LogP contribution is -2.41. The van der Waals surface area contributed by atoms with Crippen molar-refractivity contribution in [3.63, 3.8) is 0 Å². The van der Waals surface area contributed by atoms with Crippen LogP contribution in [0.1, 0.15) is 32.6 Å². The molecule has 0 saturated heterocycles. The van der Waals surface area contributed by atoms with Crippen LogP contribution in [0.2, 0.25) is 0 Å². The smallest absolute Gasteiger partial charge is 0.323 e. The summed E-state index contributed by atoms with van der Waals surface area (Å²) in [6.45, 7) is 1.85. The van der Waals surface area contributed by atoms with Crippen molar-refractivity contribution in [1.82, 2.24) is 0 Å². The Morgan fingerprint density at radius 2 is 1.80 bits per heavy atom. The Labute approximate surface area is 117 Å². The van der Waals surface area contributed by atoms with Crippen LogP contribution in [0.15, 0.2) is 22.8 Å². The van der Waals surface area contributed by atoms with Crippen molar-refractivity contribution in [3.05, 3.63) is 22.8 Å². The molecular formula is C15H18O5. The Morgan fingerprint density at radius 1 is 1.20 bits per heavy atom. The van der Waals surface area contributed by atoms with Crippen LogP contribution in [0.3, 0.4) is 0 Å². The van der Waals surface area contributed by atoms with Gasteiger partial charge in [0.15, 0.2) is 11.2 Å². The van der Waals surface area contributed by atoms with E-state index in [-0.39, 0.29) is 12.2 Å². The average Bonchev–Trinajstić information content (AvgIpc) is 2.76. The van der Waals surface area contributed by atoms with Crippen LogP contribution in [0.25, 0.3) is 0 Å². The molecule has 0 aliphatic heterocycles. The van der Waals surface area contributed by atoms with Gasteiger partial charge in [-0.1, -0.05) is 5.57 Å². The minimum atomic E-state index is -1.30. The van der Waals surface area contributed by atoms with E-state index in [1.54, 1.807) is 6.08 Å². The number of esters is 2. The van der Waals surface area contributed by atoms with E-state index in [4.69, 9.17) is 9.47 Å². The molecule has 0 fully saturated rings. The fraction of sp³-hybridized carbons (Fsp3) is 0.533. The molecule has 0 bridgehead atoms. The van der Waals surface area contributed by atoms with Gasteiger partial charge in [0.25, 0.3) is 0 Å². The summed E-state index contributed by atoms with van der Waals surface area (Å²) in [4.78, 5) is 35.8. The van der Waals surface area contributed by atoms with Gasteiger partial charge in [0, 0.05) is 6.42 Å². The summed E-state index contributed by atoms with van der Waals surface area (Å²) in [5.41, 5.74) is 1.48. The van der Waals surface area contributed by atoms with E-state index in [9.17, 15) is 14.4 Å². The highest BCUT2D eigenvalue weighted by Crippen LogP contribution is 2.44. The SMILES string of the molecule is COC(=O)C1(C(=O)OC)CCC2=CC(=O)CC2=C(C)C1. The standard InChI is InChI=1S/C15H18O5/c1-9-8-15(13(17)19-2,14(18)20-3)5-4-10-6-11(16)7-12(9)10/h6H,4-5,7-8H2,1-3H3. The minimum Gasteiger partial charge on any atom is -0.468 e. The number of carbonyl (C=O) groups excluding carboxylic acids is 3. The minimum absolute atomic E-state index is 0.0815. The second-order valence-corrected chi connectivity index (χ2v) is 5.31.